The molecule has 0 heterocycles. The van der Waals surface area contributed by atoms with Crippen molar-refractivity contribution in [1.29, 1.82) is 0 Å². The molecule has 0 atom stereocenters. The number of benzene rings is 1. The molecule has 1 aromatic rings. The Kier molecular flexibility index (Phi) is 3.63. The van der Waals surface area contributed by atoms with Crippen molar-refractivity contribution in [3.63, 3.8) is 0 Å². The molecule has 0 aliphatic heterocycles. The van der Waals surface area contributed by atoms with Crippen LogP contribution in [0.2, 0.25) is 6.04 Å². The largest absolute Gasteiger partial charge is 0.280 e. The minimum absolute atomic E-state index is 0.931. The monoisotopic (exact) mass is 218 g/mol. The highest BCUT2D eigenvalue weighted by molar-refractivity contribution is 7.50. The Hall–Kier alpha value is 0.0169. The zero-order valence-corrected chi connectivity index (χ0v) is 9.57. The molecular formula is C9H12Cl2Si. The van der Waals surface area contributed by atoms with E-state index in [-0.39, 0.29) is 0 Å². The van der Waals surface area contributed by atoms with Crippen LogP contribution in [0, 0.1) is 0 Å². The highest BCUT2D eigenvalue weighted by Crippen LogP contribution is 2.21. The maximum atomic E-state index is 6.27. The van der Waals surface area contributed by atoms with Crippen molar-refractivity contribution >= 4 is 34.0 Å². The molecule has 0 nitrogen and oxygen atoms in total. The molecule has 0 amide bonds. The quantitative estimate of drug-likeness (QED) is 0.541. The van der Waals surface area contributed by atoms with E-state index in [1.54, 1.807) is 0 Å². The molecule has 0 aromatic heterocycles. The first kappa shape index (κ1) is 10.1. The summed E-state index contributed by atoms with van der Waals surface area (Å²) in [5.41, 5.74) is 0. The number of rotatable bonds is 3. The normalized spacial score (nSPS) is 11.6. The van der Waals surface area contributed by atoms with Gasteiger partial charge < -0.3 is 0 Å². The highest BCUT2D eigenvalue weighted by Gasteiger charge is 2.28. The fraction of sp³-hybridized carbons (Fsp3) is 0.333. The van der Waals surface area contributed by atoms with E-state index in [0.717, 1.165) is 17.7 Å². The summed E-state index contributed by atoms with van der Waals surface area (Å²) in [5.74, 6) is 0. The number of hydrogen-bond donors (Lipinski definition) is 0. The number of halogens is 2. The third kappa shape index (κ3) is 2.51. The summed E-state index contributed by atoms with van der Waals surface area (Å²) in [6.45, 7) is -0.0284. The van der Waals surface area contributed by atoms with Crippen molar-refractivity contribution in [3.05, 3.63) is 30.3 Å². The predicted octanol–water partition coefficient (Wildman–Crippen LogP) is 3.22. The second-order valence-corrected chi connectivity index (χ2v) is 9.76. The maximum absolute atomic E-state index is 6.27. The van der Waals surface area contributed by atoms with Crippen molar-refractivity contribution in [1.82, 2.24) is 0 Å². The number of hydrogen-bond acceptors (Lipinski definition) is 0. The standard InChI is InChI=1S/C9H12Cl2Si/c1-2-8-12(10,11)9-6-4-3-5-7-9/h3-7H,2,8H2,1H3. The summed E-state index contributed by atoms with van der Waals surface area (Å²) in [4.78, 5) is 0. The second-order valence-electron chi connectivity index (χ2n) is 2.82. The van der Waals surface area contributed by atoms with Gasteiger partial charge in [0.25, 0.3) is 6.69 Å². The summed E-state index contributed by atoms with van der Waals surface area (Å²) in [7, 11) is 0. The van der Waals surface area contributed by atoms with Gasteiger partial charge in [-0.05, 0) is 11.2 Å². The molecular weight excluding hydrogens is 207 g/mol. The fourth-order valence-electron chi connectivity index (χ4n) is 1.14. The van der Waals surface area contributed by atoms with Crippen LogP contribution in [0.1, 0.15) is 13.3 Å². The molecule has 3 heteroatoms. The SMILES string of the molecule is CCC[Si](Cl)(Cl)c1ccccc1. The minimum atomic E-state index is -2.13. The molecule has 0 saturated heterocycles. The topological polar surface area (TPSA) is 0 Å². The summed E-state index contributed by atoms with van der Waals surface area (Å²) in [6, 6.07) is 10.9. The van der Waals surface area contributed by atoms with Gasteiger partial charge in [-0.15, -0.1) is 22.2 Å². The Labute approximate surface area is 83.9 Å². The van der Waals surface area contributed by atoms with Crippen molar-refractivity contribution in [2.24, 2.45) is 0 Å². The van der Waals surface area contributed by atoms with Gasteiger partial charge in [-0.25, -0.2) is 0 Å². The van der Waals surface area contributed by atoms with Crippen molar-refractivity contribution < 1.29 is 0 Å². The lowest BCUT2D eigenvalue weighted by Gasteiger charge is -2.15. The van der Waals surface area contributed by atoms with Crippen LogP contribution in [0.3, 0.4) is 0 Å². The fourth-order valence-corrected chi connectivity index (χ4v) is 4.63. The van der Waals surface area contributed by atoms with E-state index in [1.165, 1.54) is 0 Å². The van der Waals surface area contributed by atoms with E-state index in [1.807, 2.05) is 30.3 Å². The van der Waals surface area contributed by atoms with Crippen LogP contribution in [0.5, 0.6) is 0 Å². The van der Waals surface area contributed by atoms with Gasteiger partial charge in [-0.2, -0.15) is 0 Å². The lowest BCUT2D eigenvalue weighted by Crippen LogP contribution is -2.35. The predicted molar refractivity (Wildman–Crippen MR) is 58.6 cm³/mol. The third-order valence-electron chi connectivity index (χ3n) is 1.76. The molecule has 0 saturated carbocycles. The van der Waals surface area contributed by atoms with E-state index in [2.05, 4.69) is 6.92 Å². The van der Waals surface area contributed by atoms with Crippen LogP contribution in [0.15, 0.2) is 30.3 Å². The van der Waals surface area contributed by atoms with Crippen LogP contribution in [0.4, 0.5) is 0 Å². The molecule has 0 aliphatic carbocycles. The molecule has 0 radical (unpaired) electrons. The van der Waals surface area contributed by atoms with Crippen LogP contribution in [-0.4, -0.2) is 6.69 Å². The van der Waals surface area contributed by atoms with Crippen LogP contribution >= 0.6 is 22.2 Å². The molecule has 0 bridgehead atoms. The van der Waals surface area contributed by atoms with Gasteiger partial charge in [0.1, 0.15) is 0 Å². The Morgan fingerprint density at radius 3 is 2.25 bits per heavy atom. The summed E-state index contributed by atoms with van der Waals surface area (Å²) in [6.07, 6.45) is 1.05. The van der Waals surface area contributed by atoms with E-state index in [9.17, 15) is 0 Å². The van der Waals surface area contributed by atoms with Crippen molar-refractivity contribution in [2.45, 2.75) is 19.4 Å². The average molecular weight is 219 g/mol. The van der Waals surface area contributed by atoms with Crippen LogP contribution < -0.4 is 5.19 Å². The highest BCUT2D eigenvalue weighted by atomic mass is 35.7. The van der Waals surface area contributed by atoms with E-state index >= 15 is 0 Å². The molecule has 0 spiro atoms. The van der Waals surface area contributed by atoms with Gasteiger partial charge >= 0.3 is 0 Å². The van der Waals surface area contributed by atoms with Gasteiger partial charge in [0.2, 0.25) is 0 Å². The van der Waals surface area contributed by atoms with Crippen LogP contribution in [-0.2, 0) is 0 Å². The maximum Gasteiger partial charge on any atom is 0.280 e. The lowest BCUT2D eigenvalue weighted by molar-refractivity contribution is 1.07. The average Bonchev–Trinajstić information content (AvgIpc) is 2.06. The van der Waals surface area contributed by atoms with E-state index in [4.69, 9.17) is 22.2 Å². The summed E-state index contributed by atoms with van der Waals surface area (Å²) < 4.78 is 0. The van der Waals surface area contributed by atoms with Gasteiger partial charge in [0, 0.05) is 0 Å². The first-order chi connectivity index (χ1) is 5.67. The van der Waals surface area contributed by atoms with E-state index in [0.29, 0.717) is 0 Å². The summed E-state index contributed by atoms with van der Waals surface area (Å²) in [5, 5.41) is 1.12. The van der Waals surface area contributed by atoms with Crippen molar-refractivity contribution in [2.75, 3.05) is 0 Å². The van der Waals surface area contributed by atoms with Gasteiger partial charge in [-0.3, -0.25) is 0 Å². The van der Waals surface area contributed by atoms with Gasteiger partial charge in [0.05, 0.1) is 0 Å². The third-order valence-corrected chi connectivity index (χ3v) is 6.51. The molecule has 12 heavy (non-hydrogen) atoms. The molecule has 0 fully saturated rings. The second kappa shape index (κ2) is 4.31. The Morgan fingerprint density at radius 1 is 1.17 bits per heavy atom. The molecule has 0 aliphatic rings. The van der Waals surface area contributed by atoms with Crippen LogP contribution in [0.25, 0.3) is 0 Å². The first-order valence-corrected chi connectivity index (χ1v) is 8.33. The Morgan fingerprint density at radius 2 is 1.75 bits per heavy atom. The molecule has 0 N–H and O–H groups in total. The molecule has 1 aromatic carbocycles. The first-order valence-electron chi connectivity index (χ1n) is 4.10. The molecule has 66 valence electrons. The van der Waals surface area contributed by atoms with Gasteiger partial charge in [-0.1, -0.05) is 43.7 Å². The smallest absolute Gasteiger partial charge is 0.140 e. The zero-order valence-electron chi connectivity index (χ0n) is 7.06. The summed E-state index contributed by atoms with van der Waals surface area (Å²) >= 11 is 12.5. The van der Waals surface area contributed by atoms with Gasteiger partial charge in [0.15, 0.2) is 0 Å². The lowest BCUT2D eigenvalue weighted by atomic mass is 10.4. The Balaban J connectivity index is 2.82. The zero-order chi connectivity index (χ0) is 9.03. The Bertz CT molecular complexity index is 234. The van der Waals surface area contributed by atoms with E-state index < -0.39 is 6.69 Å². The van der Waals surface area contributed by atoms with Crippen molar-refractivity contribution in [3.8, 4) is 0 Å². The molecule has 0 unspecified atom stereocenters. The molecule has 1 rings (SSSR count). The minimum Gasteiger partial charge on any atom is -0.140 e.